The summed E-state index contributed by atoms with van der Waals surface area (Å²) in [5.74, 6) is 1.16. The molecule has 5 fully saturated rings. The first-order chi connectivity index (χ1) is 64.9. The van der Waals surface area contributed by atoms with E-state index in [0.29, 0.717) is 67.8 Å². The number of esters is 2. The number of methoxy groups -OCH3 is 2. The van der Waals surface area contributed by atoms with Crippen molar-refractivity contribution in [2.24, 2.45) is 0 Å². The van der Waals surface area contributed by atoms with E-state index in [9.17, 15) is 33.8 Å². The number of aromatic nitrogens is 6. The average molecular weight is 2070 g/mol. The summed E-state index contributed by atoms with van der Waals surface area (Å²) in [5.41, 5.74) is 11.1. The molecule has 28 nitrogen and oxygen atoms in total. The lowest BCUT2D eigenvalue weighted by Crippen LogP contribution is -2.54. The van der Waals surface area contributed by atoms with Gasteiger partial charge in [-0.15, -0.1) is 0 Å². The van der Waals surface area contributed by atoms with Gasteiger partial charge in [-0.3, -0.25) is 9.97 Å². The first-order valence-electron chi connectivity index (χ1n) is 44.6. The fourth-order valence-corrected chi connectivity index (χ4v) is 16.9. The molecule has 0 radical (unpaired) electrons. The monoisotopic (exact) mass is 2070 g/mol. The summed E-state index contributed by atoms with van der Waals surface area (Å²) in [6.45, 7) is 45.5. The van der Waals surface area contributed by atoms with Crippen LogP contribution in [0.4, 0.5) is 48.5 Å². The number of halogens is 4. The van der Waals surface area contributed by atoms with Crippen LogP contribution in [0.5, 0.6) is 0 Å². The summed E-state index contributed by atoms with van der Waals surface area (Å²) >= 11 is 9.77. The number of ether oxygens (including phenoxy) is 4. The van der Waals surface area contributed by atoms with Gasteiger partial charge in [0.1, 0.15) is 30.7 Å². The smallest absolute Gasteiger partial charge is 0.410 e. The third-order valence-corrected chi connectivity index (χ3v) is 26.2. The second kappa shape index (κ2) is 50.4. The Hall–Kier alpha value is -12.2. The summed E-state index contributed by atoms with van der Waals surface area (Å²) in [6.07, 6.45) is 9.47. The van der Waals surface area contributed by atoms with Gasteiger partial charge in [0.15, 0.2) is 11.4 Å². The number of pyridine rings is 6. The highest BCUT2D eigenvalue weighted by Gasteiger charge is 2.32. The lowest BCUT2D eigenvalue weighted by Gasteiger charge is -2.42. The summed E-state index contributed by atoms with van der Waals surface area (Å²) < 4.78 is 35.1. The van der Waals surface area contributed by atoms with Crippen LogP contribution in [0.3, 0.4) is 0 Å². The van der Waals surface area contributed by atoms with Crippen molar-refractivity contribution in [1.82, 2.24) is 61.0 Å². The van der Waals surface area contributed by atoms with Crippen LogP contribution < -0.4 is 40.9 Å². The van der Waals surface area contributed by atoms with E-state index in [1.165, 1.54) is 26.5 Å². The number of anilines is 4. The van der Waals surface area contributed by atoms with Gasteiger partial charge >= 0.3 is 24.1 Å². The van der Waals surface area contributed by atoms with Crippen LogP contribution in [0.2, 0.25) is 0 Å². The van der Waals surface area contributed by atoms with Gasteiger partial charge in [-0.25, -0.2) is 48.8 Å². The molecular formula is C103H116Br2FIN18O10. The predicted octanol–water partition coefficient (Wildman–Crippen LogP) is 18.4. The molecule has 11 heterocycles. The molecule has 32 heteroatoms. The van der Waals surface area contributed by atoms with E-state index in [0.717, 1.165) is 186 Å². The second-order valence-electron chi connectivity index (χ2n) is 33.9. The fraction of sp³-hybridized carbons (Fsp3) is 0.340. The lowest BCUT2D eigenvalue weighted by molar-refractivity contribution is 0.0591. The van der Waals surface area contributed by atoms with Gasteiger partial charge in [-0.2, -0.15) is 4.39 Å². The van der Waals surface area contributed by atoms with Gasteiger partial charge < -0.3 is 79.8 Å². The van der Waals surface area contributed by atoms with Gasteiger partial charge in [0.25, 0.3) is 0 Å². The number of carbonyl (C=O) groups is 4. The third kappa shape index (κ3) is 29.6. The molecule has 0 bridgehead atoms. The van der Waals surface area contributed by atoms with Crippen molar-refractivity contribution in [3.63, 3.8) is 0 Å². The Labute approximate surface area is 819 Å². The summed E-state index contributed by atoms with van der Waals surface area (Å²) in [4.78, 5) is 92.0. The van der Waals surface area contributed by atoms with Gasteiger partial charge in [-0.1, -0.05) is 158 Å². The second-order valence-corrected chi connectivity index (χ2v) is 36.7. The van der Waals surface area contributed by atoms with Crippen molar-refractivity contribution in [2.75, 3.05) is 132 Å². The minimum atomic E-state index is -0.897. The van der Waals surface area contributed by atoms with Crippen molar-refractivity contribution in [3.8, 4) is 22.3 Å². The number of para-hydroxylation sites is 2. The molecule has 5 saturated heterocycles. The van der Waals surface area contributed by atoms with Crippen LogP contribution in [0.25, 0.3) is 53.7 Å². The topological polar surface area (TPSA) is 299 Å². The largest absolute Gasteiger partial charge is 0.465 e. The first kappa shape index (κ1) is 103. The molecule has 5 aliphatic rings. The highest BCUT2D eigenvalue weighted by Crippen LogP contribution is 2.40. The molecule has 5 unspecified atom stereocenters. The number of nitrogens with one attached hydrogen (secondary N) is 4. The first-order valence-corrected chi connectivity index (χ1v) is 47.3. The maximum absolute atomic E-state index is 12.3. The van der Waals surface area contributed by atoms with Crippen LogP contribution in [0, 0.1) is 22.7 Å². The molecule has 0 saturated carbocycles. The third-order valence-electron chi connectivity index (χ3n) is 23.0. The zero-order valence-corrected chi connectivity index (χ0v) is 83.1. The summed E-state index contributed by atoms with van der Waals surface area (Å²) in [7, 11) is 2.60. The number of benzene rings is 6. The van der Waals surface area contributed by atoms with Gasteiger partial charge in [0.2, 0.25) is 5.95 Å². The van der Waals surface area contributed by atoms with Crippen molar-refractivity contribution < 1.29 is 52.7 Å². The standard InChI is InChI=1S/C29H28BrN5O.C20H23N3O4.C16H8BrIN2.C13H21N3O.C13H18N2O2.C7H6FNO2.C5H12N2/c1-19-18-34(14-15-35(19)26-13-10-21(16-32-26)29(2,3)36)25-17-33-28-23(6-5-7-24(28)27(25)30)20-8-11-22(31-4)12-9-20;1-15-13-22(20(25)27-14-16-6-4-3-5-7-16)10-11-23(15)18-9-8-17(12-21-18)19(24)26-2;1-19-11-7-5-10(6-8-11)12-3-2-4-13-15(17)14(18)9-20-16(12)13;1-10-8-14-6-7-16(10)12-5-4-11(9-15-12)13(2,3)17;1-11-9-15(8-7-14-11)13(16)17-10-12-5-3-2-4-6-12;1-11-7(10)5-2-3-6(8)9-4-5;1-5-4-6-2-3-7-5/h5-13,16-17,19,36H,14-15,18H2,1-3H3;3-9,12,15H,10-11,13-14H2,1-2H3;2-9H;4-5,9-10,14,17H,6-8H2,1-3H3;2-6,11,14H,7-10H2,1H3;2-4H,1H3;5-7H,2-4H2,1H3. The number of aliphatic hydroxyl groups is 2. The molecule has 5 aliphatic heterocycles. The maximum Gasteiger partial charge on any atom is 0.410 e. The molecule has 706 valence electrons. The van der Waals surface area contributed by atoms with Gasteiger partial charge in [-0.05, 0) is 175 Å². The van der Waals surface area contributed by atoms with E-state index in [1.807, 2.05) is 159 Å². The summed E-state index contributed by atoms with van der Waals surface area (Å²) in [6, 6.07) is 62.6. The molecule has 6 aromatic carbocycles. The number of rotatable bonds is 14. The molecule has 135 heavy (non-hydrogen) atoms. The number of fused-ring (bicyclic) bond motifs is 2. The molecule has 5 atom stereocenters. The van der Waals surface area contributed by atoms with Crippen molar-refractivity contribution in [2.45, 2.75) is 117 Å². The minimum absolute atomic E-state index is 0.0829. The van der Waals surface area contributed by atoms with Crippen LogP contribution in [0.1, 0.15) is 105 Å². The van der Waals surface area contributed by atoms with Crippen LogP contribution in [-0.2, 0) is 43.4 Å². The zero-order chi connectivity index (χ0) is 96.7. The SMILES string of the molecule is CC1CN(C(=O)OCc2ccccc2)CCN1.CC1CNCCN1.CC1CNCCN1c1ccc(C(C)(C)O)cn1.COC(=O)c1ccc(F)nc1.COC(=O)c1ccc(N2CCN(C(=O)OCc3ccccc3)CC2C)nc1.[C-]#[N+]c1ccc(-c2cccc3c(Br)c(I)cnc23)cc1.[C-]#[N+]c1ccc(-c2cccc3c(Br)c(N4CCN(c5ccc(C(C)(C)O)cn5)C(C)C4)cnc23)cc1. The van der Waals surface area contributed by atoms with Gasteiger partial charge in [0, 0.05) is 200 Å². The minimum Gasteiger partial charge on any atom is -0.465 e. The molecular weight excluding hydrogens is 1950 g/mol. The normalized spacial score (nSPS) is 17.0. The van der Waals surface area contributed by atoms with Crippen LogP contribution >= 0.6 is 54.5 Å². The fourth-order valence-electron chi connectivity index (χ4n) is 15.4. The highest BCUT2D eigenvalue weighted by atomic mass is 127. The van der Waals surface area contributed by atoms with Crippen molar-refractivity contribution in [1.29, 1.82) is 0 Å². The quantitative estimate of drug-likeness (QED) is 0.0194. The molecule has 2 amide bonds. The Bertz CT molecular complexity index is 5950. The highest BCUT2D eigenvalue weighted by molar-refractivity contribution is 14.1. The Morgan fingerprint density at radius 3 is 1.36 bits per heavy atom. The average Bonchev–Trinajstić information content (AvgIpc) is 0.763. The Morgan fingerprint density at radius 2 is 0.933 bits per heavy atom. The van der Waals surface area contributed by atoms with E-state index in [2.05, 4.69) is 197 Å². The van der Waals surface area contributed by atoms with E-state index >= 15 is 0 Å². The zero-order valence-electron chi connectivity index (χ0n) is 77.8. The number of nitrogens with zero attached hydrogens (tertiary/aromatic N) is 14. The van der Waals surface area contributed by atoms with Crippen LogP contribution in [0.15, 0.2) is 240 Å². The molecule has 12 aromatic rings. The lowest BCUT2D eigenvalue weighted by atomic mass is 10.0. The number of hydrogen-bond acceptors (Lipinski definition) is 24. The maximum atomic E-state index is 12.3. The number of carbonyl (C=O) groups excluding carboxylic acids is 4. The molecule has 0 aliphatic carbocycles. The molecule has 0 spiro atoms. The van der Waals surface area contributed by atoms with E-state index in [-0.39, 0.29) is 36.4 Å². The Kier molecular flexibility index (Phi) is 38.5. The number of hydrogen-bond donors (Lipinski definition) is 6. The number of piperazine rings is 5. The molecule has 17 rings (SSSR count). The predicted molar refractivity (Wildman–Crippen MR) is 545 cm³/mol. The number of amides is 2. The van der Waals surface area contributed by atoms with E-state index in [1.54, 1.807) is 62.0 Å². The Morgan fingerprint density at radius 1 is 0.467 bits per heavy atom. The van der Waals surface area contributed by atoms with E-state index in [4.69, 9.17) is 27.6 Å². The van der Waals surface area contributed by atoms with Crippen molar-refractivity contribution >= 4 is 135 Å². The van der Waals surface area contributed by atoms with Crippen LogP contribution in [-0.4, -0.2) is 217 Å². The molecule has 6 aromatic heterocycles. The Balaban J connectivity index is 0.000000159. The van der Waals surface area contributed by atoms with Gasteiger partial charge in [0.05, 0.1) is 77.1 Å². The van der Waals surface area contributed by atoms with Crippen molar-refractivity contribution in [3.05, 3.63) is 306 Å². The van der Waals surface area contributed by atoms with E-state index < -0.39 is 29.1 Å². The summed E-state index contributed by atoms with van der Waals surface area (Å²) in [5, 5.41) is 35.5. The molecule has 6 N–H and O–H groups in total.